The van der Waals surface area contributed by atoms with Crippen molar-refractivity contribution in [2.45, 2.75) is 31.7 Å². The van der Waals surface area contributed by atoms with Gasteiger partial charge in [0.2, 0.25) is 10.0 Å². The molecule has 0 radical (unpaired) electrons. The molecule has 0 saturated heterocycles. The van der Waals surface area contributed by atoms with Gasteiger partial charge < -0.3 is 9.64 Å². The zero-order valence-electron chi connectivity index (χ0n) is 16.3. The molecule has 0 aliphatic heterocycles. The zero-order chi connectivity index (χ0) is 19.5. The fraction of sp³-hybridized carbons (Fsp3) is 0.400. The molecule has 0 amide bonds. The lowest BCUT2D eigenvalue weighted by molar-refractivity contribution is 0.299. The zero-order valence-corrected chi connectivity index (χ0v) is 17.1. The van der Waals surface area contributed by atoms with E-state index in [1.807, 2.05) is 57.1 Å². The van der Waals surface area contributed by atoms with E-state index >= 15 is 0 Å². The Hall–Kier alpha value is -1.89. The molecule has 0 spiro atoms. The summed E-state index contributed by atoms with van der Waals surface area (Å²) in [7, 11) is 1.86. The topological polar surface area (TPSA) is 58.6 Å². The summed E-state index contributed by atoms with van der Waals surface area (Å²) >= 11 is 0. The van der Waals surface area contributed by atoms with Crippen LogP contribution in [0.25, 0.3) is 0 Å². The molecule has 142 valence electrons. The summed E-state index contributed by atoms with van der Waals surface area (Å²) in [5.41, 5.74) is 3.79. The molecule has 0 aliphatic rings. The molecule has 0 saturated carbocycles. The maximum Gasteiger partial charge on any atom is 0.240 e. The second kappa shape index (κ2) is 8.20. The van der Waals surface area contributed by atoms with Gasteiger partial charge in [-0.05, 0) is 63.7 Å². The molecule has 2 aromatic rings. The average Bonchev–Trinajstić information content (AvgIpc) is 2.58. The molecule has 0 bridgehead atoms. The second-order valence-corrected chi connectivity index (χ2v) is 8.49. The molecule has 0 heterocycles. The highest BCUT2D eigenvalue weighted by molar-refractivity contribution is 7.89. The fourth-order valence-corrected chi connectivity index (χ4v) is 4.27. The number of hydrogen-bond acceptors (Lipinski definition) is 4. The van der Waals surface area contributed by atoms with Crippen LogP contribution in [0.3, 0.4) is 0 Å². The molecule has 2 aromatic carbocycles. The first kappa shape index (κ1) is 20.4. The highest BCUT2D eigenvalue weighted by Gasteiger charge is 2.22. The molecule has 5 nitrogen and oxygen atoms in total. The van der Waals surface area contributed by atoms with Crippen molar-refractivity contribution in [1.29, 1.82) is 0 Å². The Labute approximate surface area is 157 Å². The van der Waals surface area contributed by atoms with Crippen LogP contribution in [0.1, 0.15) is 28.3 Å². The summed E-state index contributed by atoms with van der Waals surface area (Å²) in [6, 6.07) is 11.4. The van der Waals surface area contributed by atoms with Crippen LogP contribution in [0.15, 0.2) is 41.3 Å². The van der Waals surface area contributed by atoms with Crippen LogP contribution in [-0.4, -0.2) is 41.1 Å². The minimum Gasteiger partial charge on any atom is -0.496 e. The van der Waals surface area contributed by atoms with Crippen molar-refractivity contribution in [3.63, 3.8) is 0 Å². The van der Waals surface area contributed by atoms with Gasteiger partial charge in [0.15, 0.2) is 0 Å². The maximum absolute atomic E-state index is 12.8. The molecule has 6 heteroatoms. The van der Waals surface area contributed by atoms with Crippen LogP contribution in [0.4, 0.5) is 0 Å². The summed E-state index contributed by atoms with van der Waals surface area (Å²) < 4.78 is 33.7. The summed E-state index contributed by atoms with van der Waals surface area (Å²) in [6.07, 6.45) is 0. The van der Waals surface area contributed by atoms with Gasteiger partial charge in [0.05, 0.1) is 12.0 Å². The van der Waals surface area contributed by atoms with E-state index in [4.69, 9.17) is 4.74 Å². The largest absolute Gasteiger partial charge is 0.496 e. The van der Waals surface area contributed by atoms with E-state index in [0.29, 0.717) is 17.9 Å². The first-order valence-corrected chi connectivity index (χ1v) is 10.0. The van der Waals surface area contributed by atoms with Crippen LogP contribution < -0.4 is 9.46 Å². The molecule has 0 aliphatic carbocycles. The Morgan fingerprint density at radius 2 is 1.62 bits per heavy atom. The predicted molar refractivity (Wildman–Crippen MR) is 105 cm³/mol. The van der Waals surface area contributed by atoms with Crippen LogP contribution >= 0.6 is 0 Å². The first-order chi connectivity index (χ1) is 12.2. The van der Waals surface area contributed by atoms with Crippen molar-refractivity contribution in [2.75, 3.05) is 27.7 Å². The van der Waals surface area contributed by atoms with Crippen LogP contribution in [-0.2, 0) is 10.0 Å². The maximum atomic E-state index is 12.8. The molecular weight excluding hydrogens is 348 g/mol. The lowest BCUT2D eigenvalue weighted by Gasteiger charge is -2.25. The number of nitrogens with zero attached hydrogens (tertiary/aromatic N) is 1. The lowest BCUT2D eigenvalue weighted by Crippen LogP contribution is -2.34. The van der Waals surface area contributed by atoms with Gasteiger partial charge in [-0.15, -0.1) is 0 Å². The molecule has 1 unspecified atom stereocenters. The second-order valence-electron chi connectivity index (χ2n) is 6.76. The Bertz CT molecular complexity index is 859. The van der Waals surface area contributed by atoms with Gasteiger partial charge >= 0.3 is 0 Å². The number of rotatable bonds is 7. The number of benzene rings is 2. The van der Waals surface area contributed by atoms with Crippen LogP contribution in [0.2, 0.25) is 0 Å². The van der Waals surface area contributed by atoms with Crippen molar-refractivity contribution in [3.05, 3.63) is 58.7 Å². The molecule has 0 aromatic heterocycles. The Kier molecular flexibility index (Phi) is 6.44. The standard InChI is InChI=1S/C20H28N2O3S/c1-14-7-9-17(10-8-14)18(22(4)5)13-21-26(23,24)20-12-11-19(25-6)15(2)16(20)3/h7-12,18,21H,13H2,1-6H3. The van der Waals surface area contributed by atoms with Crippen molar-refractivity contribution < 1.29 is 13.2 Å². The third-order valence-electron chi connectivity index (χ3n) is 4.75. The van der Waals surface area contributed by atoms with Crippen molar-refractivity contribution in [2.24, 2.45) is 0 Å². The number of hydrogen-bond donors (Lipinski definition) is 1. The van der Waals surface area contributed by atoms with E-state index in [0.717, 1.165) is 11.1 Å². The molecule has 2 rings (SSSR count). The number of ether oxygens (including phenoxy) is 1. The molecular formula is C20H28N2O3S. The highest BCUT2D eigenvalue weighted by Crippen LogP contribution is 2.27. The van der Waals surface area contributed by atoms with Gasteiger partial charge in [0.25, 0.3) is 0 Å². The Balaban J connectivity index is 2.25. The van der Waals surface area contributed by atoms with Crippen molar-refractivity contribution in [3.8, 4) is 5.75 Å². The van der Waals surface area contributed by atoms with E-state index in [9.17, 15) is 8.42 Å². The van der Waals surface area contributed by atoms with Gasteiger partial charge in [0.1, 0.15) is 5.75 Å². The normalized spacial score (nSPS) is 13.0. The van der Waals surface area contributed by atoms with E-state index in [2.05, 4.69) is 4.72 Å². The van der Waals surface area contributed by atoms with Gasteiger partial charge in [-0.2, -0.15) is 0 Å². The Morgan fingerprint density at radius 3 is 2.15 bits per heavy atom. The summed E-state index contributed by atoms with van der Waals surface area (Å²) in [5, 5.41) is 0. The van der Waals surface area contributed by atoms with Crippen LogP contribution in [0.5, 0.6) is 5.75 Å². The quantitative estimate of drug-likeness (QED) is 0.806. The predicted octanol–water partition coefficient (Wildman–Crippen LogP) is 3.20. The van der Waals surface area contributed by atoms with Crippen LogP contribution in [0, 0.1) is 20.8 Å². The Morgan fingerprint density at radius 1 is 1.00 bits per heavy atom. The van der Waals surface area contributed by atoms with Gasteiger partial charge in [-0.3, -0.25) is 0 Å². The van der Waals surface area contributed by atoms with Crippen molar-refractivity contribution >= 4 is 10.0 Å². The van der Waals surface area contributed by atoms with E-state index < -0.39 is 10.0 Å². The minimum atomic E-state index is -3.62. The van der Waals surface area contributed by atoms with Gasteiger partial charge in [-0.25, -0.2) is 13.1 Å². The monoisotopic (exact) mass is 376 g/mol. The number of aryl methyl sites for hydroxylation is 1. The third kappa shape index (κ3) is 4.44. The summed E-state index contributed by atoms with van der Waals surface area (Å²) in [4.78, 5) is 2.30. The number of methoxy groups -OCH3 is 1. The molecule has 0 fully saturated rings. The summed E-state index contributed by atoms with van der Waals surface area (Å²) in [5.74, 6) is 0.687. The lowest BCUT2D eigenvalue weighted by atomic mass is 10.0. The SMILES string of the molecule is COc1ccc(S(=O)(=O)NCC(c2ccc(C)cc2)N(C)C)c(C)c1C. The minimum absolute atomic E-state index is 0.0509. The molecule has 1 N–H and O–H groups in total. The van der Waals surface area contributed by atoms with E-state index in [1.165, 1.54) is 5.56 Å². The number of sulfonamides is 1. The number of likely N-dealkylation sites (N-methyl/N-ethyl adjacent to an activating group) is 1. The van der Waals surface area contributed by atoms with Crippen molar-refractivity contribution in [1.82, 2.24) is 9.62 Å². The smallest absolute Gasteiger partial charge is 0.240 e. The molecule has 1 atom stereocenters. The summed E-state index contributed by atoms with van der Waals surface area (Å²) in [6.45, 7) is 5.99. The van der Waals surface area contributed by atoms with E-state index in [-0.39, 0.29) is 10.9 Å². The average molecular weight is 377 g/mol. The first-order valence-electron chi connectivity index (χ1n) is 8.54. The number of nitrogens with one attached hydrogen (secondary N) is 1. The van der Waals surface area contributed by atoms with Gasteiger partial charge in [-0.1, -0.05) is 29.8 Å². The fourth-order valence-electron chi connectivity index (χ4n) is 2.94. The van der Waals surface area contributed by atoms with Gasteiger partial charge in [0, 0.05) is 12.6 Å². The molecule has 26 heavy (non-hydrogen) atoms. The highest BCUT2D eigenvalue weighted by atomic mass is 32.2. The van der Waals surface area contributed by atoms with E-state index in [1.54, 1.807) is 26.2 Å². The third-order valence-corrected chi connectivity index (χ3v) is 6.32.